The molecule has 0 bridgehead atoms. The third kappa shape index (κ3) is 2.36. The van der Waals surface area contributed by atoms with Crippen molar-refractivity contribution in [2.45, 2.75) is 32.9 Å². The maximum absolute atomic E-state index is 12.5. The Kier molecular flexibility index (Phi) is 2.84. The van der Waals surface area contributed by atoms with Gasteiger partial charge in [-0.15, -0.1) is 0 Å². The molecule has 0 aliphatic heterocycles. The zero-order valence-electron chi connectivity index (χ0n) is 7.78. The van der Waals surface area contributed by atoms with Crippen molar-refractivity contribution in [3.05, 3.63) is 23.3 Å². The molecule has 74 valence electrons. The molecule has 0 heterocycles. The molecule has 3 heteroatoms. The average molecular weight is 190 g/mol. The fraction of sp³-hybridized carbons (Fsp3) is 0.600. The molecule has 0 radical (unpaired) electrons. The van der Waals surface area contributed by atoms with Gasteiger partial charge in [0, 0.05) is 5.57 Å². The van der Waals surface area contributed by atoms with E-state index < -0.39 is 6.18 Å². The van der Waals surface area contributed by atoms with Crippen LogP contribution in [0.25, 0.3) is 0 Å². The van der Waals surface area contributed by atoms with Crippen molar-refractivity contribution in [3.63, 3.8) is 0 Å². The smallest absolute Gasteiger partial charge is 0.166 e. The molecule has 0 atom stereocenters. The van der Waals surface area contributed by atoms with Gasteiger partial charge >= 0.3 is 6.18 Å². The Morgan fingerprint density at radius 3 is 2.31 bits per heavy atom. The number of halogens is 3. The normalized spacial score (nSPS) is 18.6. The maximum Gasteiger partial charge on any atom is 0.412 e. The lowest BCUT2D eigenvalue weighted by molar-refractivity contribution is -0.0951. The number of alkyl halides is 3. The summed E-state index contributed by atoms with van der Waals surface area (Å²) in [5.74, 6) is -0.0480. The van der Waals surface area contributed by atoms with Gasteiger partial charge in [-0.2, -0.15) is 13.2 Å². The summed E-state index contributed by atoms with van der Waals surface area (Å²) in [5.41, 5.74) is 0.101. The van der Waals surface area contributed by atoms with Gasteiger partial charge in [-0.3, -0.25) is 0 Å². The van der Waals surface area contributed by atoms with E-state index in [1.807, 2.05) is 6.08 Å². The second kappa shape index (κ2) is 3.56. The third-order valence-corrected chi connectivity index (χ3v) is 2.17. The first-order chi connectivity index (χ1) is 5.93. The van der Waals surface area contributed by atoms with Gasteiger partial charge in [-0.25, -0.2) is 0 Å². The lowest BCUT2D eigenvalue weighted by Gasteiger charge is -2.20. The molecule has 0 N–H and O–H groups in total. The van der Waals surface area contributed by atoms with Crippen LogP contribution in [0.1, 0.15) is 26.7 Å². The van der Waals surface area contributed by atoms with Gasteiger partial charge in [-0.1, -0.05) is 26.0 Å². The van der Waals surface area contributed by atoms with Crippen LogP contribution in [0.15, 0.2) is 23.3 Å². The van der Waals surface area contributed by atoms with Gasteiger partial charge in [0.2, 0.25) is 0 Å². The summed E-state index contributed by atoms with van der Waals surface area (Å²) >= 11 is 0. The molecule has 1 aliphatic carbocycles. The number of hydrogen-bond acceptors (Lipinski definition) is 0. The summed E-state index contributed by atoms with van der Waals surface area (Å²) in [6.07, 6.45) is -0.0928. The molecule has 0 amide bonds. The van der Waals surface area contributed by atoms with E-state index >= 15 is 0 Å². The van der Waals surface area contributed by atoms with Crippen LogP contribution in [-0.2, 0) is 0 Å². The Bertz CT molecular complexity index is 243. The second-order valence-electron chi connectivity index (χ2n) is 3.53. The molecule has 0 aromatic rings. The van der Waals surface area contributed by atoms with Gasteiger partial charge in [0.1, 0.15) is 0 Å². The van der Waals surface area contributed by atoms with Crippen molar-refractivity contribution < 1.29 is 13.2 Å². The topological polar surface area (TPSA) is 0 Å². The SMILES string of the molecule is CC(C)C1=C(C(F)(F)F)CCC=C1. The van der Waals surface area contributed by atoms with Gasteiger partial charge in [0.25, 0.3) is 0 Å². The highest BCUT2D eigenvalue weighted by atomic mass is 19.4. The maximum atomic E-state index is 12.5. The molecule has 1 rings (SSSR count). The minimum absolute atomic E-state index is 0.0480. The van der Waals surface area contributed by atoms with Crippen LogP contribution in [0.3, 0.4) is 0 Å². The van der Waals surface area contributed by atoms with Crippen LogP contribution in [0.2, 0.25) is 0 Å². The van der Waals surface area contributed by atoms with Crippen molar-refractivity contribution in [1.82, 2.24) is 0 Å². The van der Waals surface area contributed by atoms with E-state index in [1.165, 1.54) is 0 Å². The summed E-state index contributed by atoms with van der Waals surface area (Å²) in [5, 5.41) is 0. The molecule has 0 saturated carbocycles. The van der Waals surface area contributed by atoms with Crippen molar-refractivity contribution in [2.24, 2.45) is 5.92 Å². The lowest BCUT2D eigenvalue weighted by atomic mass is 9.90. The minimum Gasteiger partial charge on any atom is -0.166 e. The van der Waals surface area contributed by atoms with Gasteiger partial charge in [-0.05, 0) is 24.3 Å². The highest BCUT2D eigenvalue weighted by Crippen LogP contribution is 2.36. The summed E-state index contributed by atoms with van der Waals surface area (Å²) in [4.78, 5) is 0. The van der Waals surface area contributed by atoms with E-state index in [-0.39, 0.29) is 17.9 Å². The molecule has 0 spiro atoms. The molecular weight excluding hydrogens is 177 g/mol. The molecule has 0 aromatic heterocycles. The monoisotopic (exact) mass is 190 g/mol. The Labute approximate surface area is 76.1 Å². The van der Waals surface area contributed by atoms with E-state index in [0.29, 0.717) is 12.0 Å². The second-order valence-corrected chi connectivity index (χ2v) is 3.53. The average Bonchev–Trinajstić information content (AvgIpc) is 2.03. The van der Waals surface area contributed by atoms with Crippen LogP contribution in [0.5, 0.6) is 0 Å². The minimum atomic E-state index is -4.15. The first-order valence-corrected chi connectivity index (χ1v) is 4.39. The Morgan fingerprint density at radius 1 is 1.31 bits per heavy atom. The summed E-state index contributed by atoms with van der Waals surface area (Å²) in [6, 6.07) is 0. The summed E-state index contributed by atoms with van der Waals surface area (Å²) in [7, 11) is 0. The molecule has 0 aromatic carbocycles. The standard InChI is InChI=1S/C10H13F3/c1-7(2)8-5-3-4-6-9(8)10(11,12)13/h3,5,7H,4,6H2,1-2H3. The molecule has 13 heavy (non-hydrogen) atoms. The van der Waals surface area contributed by atoms with Crippen LogP contribution in [0, 0.1) is 5.92 Å². The van der Waals surface area contributed by atoms with E-state index in [0.717, 1.165) is 0 Å². The Hall–Kier alpha value is -0.730. The van der Waals surface area contributed by atoms with E-state index in [1.54, 1.807) is 19.9 Å². The highest BCUT2D eigenvalue weighted by molar-refractivity contribution is 5.33. The largest absolute Gasteiger partial charge is 0.412 e. The highest BCUT2D eigenvalue weighted by Gasteiger charge is 2.36. The summed E-state index contributed by atoms with van der Waals surface area (Å²) < 4.78 is 37.4. The Balaban J connectivity index is 3.05. The first-order valence-electron chi connectivity index (χ1n) is 4.39. The van der Waals surface area contributed by atoms with Crippen molar-refractivity contribution >= 4 is 0 Å². The van der Waals surface area contributed by atoms with Crippen molar-refractivity contribution in [3.8, 4) is 0 Å². The molecule has 0 saturated heterocycles. The molecule has 0 fully saturated rings. The molecule has 0 unspecified atom stereocenters. The van der Waals surface area contributed by atoms with Gasteiger partial charge in [0.05, 0.1) is 0 Å². The van der Waals surface area contributed by atoms with Gasteiger partial charge in [0.15, 0.2) is 0 Å². The zero-order valence-corrected chi connectivity index (χ0v) is 7.78. The molecule has 1 aliphatic rings. The fourth-order valence-corrected chi connectivity index (χ4v) is 1.53. The lowest BCUT2D eigenvalue weighted by Crippen LogP contribution is -2.17. The van der Waals surface area contributed by atoms with Crippen LogP contribution in [0.4, 0.5) is 13.2 Å². The Morgan fingerprint density at radius 2 is 1.92 bits per heavy atom. The van der Waals surface area contributed by atoms with Crippen LogP contribution < -0.4 is 0 Å². The van der Waals surface area contributed by atoms with E-state index in [9.17, 15) is 13.2 Å². The number of allylic oxidation sites excluding steroid dienone is 4. The predicted octanol–water partition coefficient (Wildman–Crippen LogP) is 3.85. The molecular formula is C10H13F3. The van der Waals surface area contributed by atoms with Crippen molar-refractivity contribution in [1.29, 1.82) is 0 Å². The quantitative estimate of drug-likeness (QED) is 0.589. The molecule has 0 nitrogen and oxygen atoms in total. The van der Waals surface area contributed by atoms with Crippen LogP contribution >= 0.6 is 0 Å². The van der Waals surface area contributed by atoms with Crippen molar-refractivity contribution in [2.75, 3.05) is 0 Å². The van der Waals surface area contributed by atoms with E-state index in [4.69, 9.17) is 0 Å². The summed E-state index contributed by atoms with van der Waals surface area (Å²) in [6.45, 7) is 3.58. The van der Waals surface area contributed by atoms with Gasteiger partial charge < -0.3 is 0 Å². The van der Waals surface area contributed by atoms with E-state index in [2.05, 4.69) is 0 Å². The first kappa shape index (κ1) is 10.4. The number of hydrogen-bond donors (Lipinski definition) is 0. The fourth-order valence-electron chi connectivity index (χ4n) is 1.53. The van der Waals surface area contributed by atoms with Crippen LogP contribution in [-0.4, -0.2) is 6.18 Å². The number of rotatable bonds is 1. The third-order valence-electron chi connectivity index (χ3n) is 2.17. The zero-order chi connectivity index (χ0) is 10.1. The predicted molar refractivity (Wildman–Crippen MR) is 46.3 cm³/mol.